The van der Waals surface area contributed by atoms with E-state index in [4.69, 9.17) is 4.74 Å². The monoisotopic (exact) mass is 516 g/mol. The van der Waals surface area contributed by atoms with E-state index >= 15 is 0 Å². The Morgan fingerprint density at radius 1 is 0.974 bits per heavy atom. The molecular formula is C31H38N3O4+. The summed E-state index contributed by atoms with van der Waals surface area (Å²) < 4.78 is 6.73. The molecule has 200 valence electrons. The number of nitrogens with zero attached hydrogens (tertiary/aromatic N) is 2. The molecule has 1 aliphatic heterocycles. The van der Waals surface area contributed by atoms with Gasteiger partial charge < -0.3 is 19.2 Å². The molecule has 0 spiro atoms. The number of quaternary nitrogens is 1. The molecule has 0 atom stereocenters. The van der Waals surface area contributed by atoms with E-state index in [0.29, 0.717) is 18.5 Å². The van der Waals surface area contributed by atoms with E-state index < -0.39 is 6.09 Å². The number of aliphatic hydroxyl groups excluding tert-OH is 1. The van der Waals surface area contributed by atoms with Crippen molar-refractivity contribution in [3.05, 3.63) is 83.9 Å². The van der Waals surface area contributed by atoms with Crippen LogP contribution in [0.5, 0.6) is 0 Å². The normalized spacial score (nSPS) is 15.1. The summed E-state index contributed by atoms with van der Waals surface area (Å²) in [5, 5.41) is 12.2. The lowest BCUT2D eigenvalue weighted by Crippen LogP contribution is -2.48. The molecule has 0 bridgehead atoms. The number of hydrogen-bond donors (Lipinski definition) is 2. The number of hydrogen-bond acceptors (Lipinski definition) is 4. The Hall–Kier alpha value is -3.68. The van der Waals surface area contributed by atoms with Crippen molar-refractivity contribution in [1.82, 2.24) is 0 Å². The summed E-state index contributed by atoms with van der Waals surface area (Å²) in [6.45, 7) is 1.94. The number of amides is 2. The number of carbonyl (C=O) groups excluding carboxylic acids is 2. The van der Waals surface area contributed by atoms with Crippen molar-refractivity contribution < 1.29 is 23.9 Å². The van der Waals surface area contributed by atoms with Crippen LogP contribution in [0.3, 0.4) is 0 Å². The molecule has 1 saturated heterocycles. The Morgan fingerprint density at radius 2 is 1.63 bits per heavy atom. The van der Waals surface area contributed by atoms with Crippen LogP contribution in [0.1, 0.15) is 30.4 Å². The van der Waals surface area contributed by atoms with Crippen molar-refractivity contribution in [3.63, 3.8) is 0 Å². The summed E-state index contributed by atoms with van der Waals surface area (Å²) in [4.78, 5) is 27.4. The van der Waals surface area contributed by atoms with Gasteiger partial charge >= 0.3 is 6.09 Å². The van der Waals surface area contributed by atoms with Gasteiger partial charge in [0, 0.05) is 37.6 Å². The second-order valence-electron chi connectivity index (χ2n) is 10.6. The topological polar surface area (TPSA) is 78.9 Å². The third-order valence-corrected chi connectivity index (χ3v) is 7.30. The molecule has 7 nitrogen and oxygen atoms in total. The Morgan fingerprint density at radius 3 is 2.29 bits per heavy atom. The quantitative estimate of drug-likeness (QED) is 0.402. The van der Waals surface area contributed by atoms with Crippen molar-refractivity contribution in [2.75, 3.05) is 44.4 Å². The summed E-state index contributed by atoms with van der Waals surface area (Å²) in [5.74, 6) is -0.0126. The van der Waals surface area contributed by atoms with Crippen LogP contribution in [0, 0.1) is 0 Å². The van der Waals surface area contributed by atoms with Crippen molar-refractivity contribution in [3.8, 4) is 11.1 Å². The highest BCUT2D eigenvalue weighted by Gasteiger charge is 2.28. The van der Waals surface area contributed by atoms with Crippen molar-refractivity contribution >= 4 is 23.4 Å². The lowest BCUT2D eigenvalue weighted by molar-refractivity contribution is -0.896. The molecule has 3 aromatic carbocycles. The largest absolute Gasteiger partial charge is 0.446 e. The molecule has 0 radical (unpaired) electrons. The van der Waals surface area contributed by atoms with E-state index in [2.05, 4.69) is 19.4 Å². The minimum absolute atomic E-state index is 0.0126. The lowest BCUT2D eigenvalue weighted by atomic mass is 9.99. The van der Waals surface area contributed by atoms with Crippen LogP contribution in [0.2, 0.25) is 0 Å². The van der Waals surface area contributed by atoms with Gasteiger partial charge in [0.2, 0.25) is 5.91 Å². The van der Waals surface area contributed by atoms with Gasteiger partial charge in [0.05, 0.1) is 39.5 Å². The molecule has 38 heavy (non-hydrogen) atoms. The fraction of sp³-hybridized carbons (Fsp3) is 0.355. The van der Waals surface area contributed by atoms with Gasteiger partial charge in [-0.3, -0.25) is 10.1 Å². The first-order valence-corrected chi connectivity index (χ1v) is 13.2. The zero-order chi connectivity index (χ0) is 27.1. The maximum Gasteiger partial charge on any atom is 0.411 e. The Balaban J connectivity index is 1.44. The number of aliphatic hydroxyl groups is 1. The molecule has 3 aromatic rings. The number of aryl methyl sites for hydroxylation is 1. The molecule has 2 amide bonds. The SMILES string of the molecule is CN(C(=O)CCc1ccc(-c2ccccc2)c(NC(=O)OC2CC[N+](C)(C)CC2)c1)c1ccc(CO)cc1. The minimum atomic E-state index is -0.446. The second kappa shape index (κ2) is 12.2. The average Bonchev–Trinajstić information content (AvgIpc) is 2.93. The fourth-order valence-corrected chi connectivity index (χ4v) is 4.76. The molecule has 0 aliphatic carbocycles. The van der Waals surface area contributed by atoms with E-state index in [9.17, 15) is 14.7 Å². The molecular weight excluding hydrogens is 478 g/mol. The van der Waals surface area contributed by atoms with Crippen LogP contribution < -0.4 is 10.2 Å². The summed E-state index contributed by atoms with van der Waals surface area (Å²) in [7, 11) is 6.15. The number of piperidine rings is 1. The number of anilines is 2. The molecule has 0 unspecified atom stereocenters. The average molecular weight is 517 g/mol. The van der Waals surface area contributed by atoms with Crippen LogP contribution in [0.15, 0.2) is 72.8 Å². The highest BCUT2D eigenvalue weighted by atomic mass is 16.6. The molecule has 0 saturated carbocycles. The molecule has 1 aliphatic rings. The van der Waals surface area contributed by atoms with Crippen molar-refractivity contribution in [1.29, 1.82) is 0 Å². The maximum absolute atomic E-state index is 12.9. The van der Waals surface area contributed by atoms with Gasteiger partial charge in [-0.15, -0.1) is 0 Å². The summed E-state index contributed by atoms with van der Waals surface area (Å²) in [6, 6.07) is 23.1. The molecule has 1 fully saturated rings. The number of likely N-dealkylation sites (tertiary alicyclic amines) is 1. The fourth-order valence-electron chi connectivity index (χ4n) is 4.76. The van der Waals surface area contributed by atoms with Gasteiger partial charge in [0.25, 0.3) is 0 Å². The van der Waals surface area contributed by atoms with Crippen molar-refractivity contribution in [2.45, 2.75) is 38.4 Å². The third kappa shape index (κ3) is 7.21. The number of nitrogens with one attached hydrogen (secondary N) is 1. The van der Waals surface area contributed by atoms with Gasteiger partial charge in [-0.25, -0.2) is 4.79 Å². The summed E-state index contributed by atoms with van der Waals surface area (Å²) >= 11 is 0. The van der Waals surface area contributed by atoms with Crippen LogP contribution in [-0.4, -0.2) is 61.9 Å². The standard InChI is InChI=1S/C31H37N3O4/c1-33(26-13-9-24(22-35)10-14-26)30(36)16-12-23-11-15-28(25-7-5-4-6-8-25)29(21-23)32-31(37)38-27-17-19-34(2,3)20-18-27/h4-11,13-15,21,27,35H,12,16-20,22H2,1-3H3/p+1. The smallest absolute Gasteiger partial charge is 0.411 e. The van der Waals surface area contributed by atoms with Gasteiger partial charge in [-0.1, -0.05) is 54.6 Å². The molecule has 0 aromatic heterocycles. The Kier molecular flexibility index (Phi) is 8.81. The van der Waals surface area contributed by atoms with Crippen LogP contribution in [0.4, 0.5) is 16.2 Å². The summed E-state index contributed by atoms with van der Waals surface area (Å²) in [6.07, 6.45) is 2.03. The van der Waals surface area contributed by atoms with Gasteiger partial charge in [-0.05, 0) is 41.3 Å². The highest BCUT2D eigenvalue weighted by molar-refractivity contribution is 5.93. The zero-order valence-corrected chi connectivity index (χ0v) is 22.5. The first-order valence-electron chi connectivity index (χ1n) is 13.2. The first kappa shape index (κ1) is 27.4. The Labute approximate surface area is 225 Å². The zero-order valence-electron chi connectivity index (χ0n) is 22.5. The molecule has 1 heterocycles. The molecule has 7 heteroatoms. The number of benzene rings is 3. The lowest BCUT2D eigenvalue weighted by Gasteiger charge is -2.36. The van der Waals surface area contributed by atoms with E-state index in [1.54, 1.807) is 11.9 Å². The second-order valence-corrected chi connectivity index (χ2v) is 10.6. The number of ether oxygens (including phenoxy) is 1. The van der Waals surface area contributed by atoms with Gasteiger partial charge in [0.1, 0.15) is 6.10 Å². The van der Waals surface area contributed by atoms with E-state index in [-0.39, 0.29) is 18.6 Å². The first-order chi connectivity index (χ1) is 18.2. The van der Waals surface area contributed by atoms with E-state index in [1.807, 2.05) is 72.8 Å². The van der Waals surface area contributed by atoms with Crippen LogP contribution in [0.25, 0.3) is 11.1 Å². The molecule has 4 rings (SSSR count). The predicted molar refractivity (Wildman–Crippen MR) is 151 cm³/mol. The number of rotatable bonds is 8. The Bertz CT molecular complexity index is 1230. The van der Waals surface area contributed by atoms with E-state index in [0.717, 1.165) is 58.4 Å². The summed E-state index contributed by atoms with van der Waals surface area (Å²) in [5.41, 5.74) is 5.10. The van der Waals surface area contributed by atoms with Crippen molar-refractivity contribution in [2.24, 2.45) is 0 Å². The van der Waals surface area contributed by atoms with E-state index in [1.165, 1.54) is 0 Å². The molecule has 2 N–H and O–H groups in total. The number of carbonyl (C=O) groups is 2. The van der Waals surface area contributed by atoms with Gasteiger partial charge in [-0.2, -0.15) is 0 Å². The van der Waals surface area contributed by atoms with Crippen LogP contribution in [-0.2, 0) is 22.6 Å². The maximum atomic E-state index is 12.9. The highest BCUT2D eigenvalue weighted by Crippen LogP contribution is 2.30. The van der Waals surface area contributed by atoms with Crippen LogP contribution >= 0.6 is 0 Å². The van der Waals surface area contributed by atoms with Gasteiger partial charge in [0.15, 0.2) is 0 Å². The third-order valence-electron chi connectivity index (χ3n) is 7.30. The minimum Gasteiger partial charge on any atom is -0.446 e. The predicted octanol–water partition coefficient (Wildman–Crippen LogP) is 5.23.